The molecule has 0 atom stereocenters. The van der Waals surface area contributed by atoms with Crippen LogP contribution in [0.1, 0.15) is 26.3 Å². The largest absolute Gasteiger partial charge is 0.416 e. The predicted octanol–water partition coefficient (Wildman–Crippen LogP) is 3.69. The van der Waals surface area contributed by atoms with E-state index in [1.807, 2.05) is 0 Å². The average molecular weight is 245 g/mol. The Balaban J connectivity index is 2.91. The third-order valence-corrected chi connectivity index (χ3v) is 2.13. The number of benzene rings is 1. The smallest absolute Gasteiger partial charge is 0.326 e. The summed E-state index contributed by atoms with van der Waals surface area (Å²) < 4.78 is 37.3. The molecule has 0 spiro atoms. The number of alkyl halides is 3. The molecule has 1 amide bonds. The molecule has 17 heavy (non-hydrogen) atoms. The highest BCUT2D eigenvalue weighted by Gasteiger charge is 2.30. The standard InChI is InChI=1S/C12H14F3NO/c1-11(2,3)10(17)16-9-6-4-5-8(7-9)12(13,14)15/h4-7H,1-3H3,(H,16,17). The number of rotatable bonds is 1. The SMILES string of the molecule is CC(C)(C)C(=O)Nc1cccc(C(F)(F)F)c1. The van der Waals surface area contributed by atoms with Gasteiger partial charge >= 0.3 is 6.18 Å². The van der Waals surface area contributed by atoms with Crippen LogP contribution in [0.4, 0.5) is 18.9 Å². The first kappa shape index (κ1) is 13.5. The van der Waals surface area contributed by atoms with Gasteiger partial charge in [0, 0.05) is 11.1 Å². The maximum absolute atomic E-state index is 12.4. The molecule has 0 aliphatic heterocycles. The van der Waals surface area contributed by atoms with Gasteiger partial charge in [0.25, 0.3) is 0 Å². The Bertz CT molecular complexity index is 418. The molecular weight excluding hydrogens is 231 g/mol. The highest BCUT2D eigenvalue weighted by Crippen LogP contribution is 2.31. The number of hydrogen-bond donors (Lipinski definition) is 1. The minimum Gasteiger partial charge on any atom is -0.326 e. The monoisotopic (exact) mass is 245 g/mol. The maximum atomic E-state index is 12.4. The lowest BCUT2D eigenvalue weighted by Gasteiger charge is -2.18. The molecule has 0 saturated carbocycles. The number of hydrogen-bond acceptors (Lipinski definition) is 1. The van der Waals surface area contributed by atoms with Crippen LogP contribution >= 0.6 is 0 Å². The molecule has 1 aromatic rings. The zero-order valence-electron chi connectivity index (χ0n) is 9.85. The van der Waals surface area contributed by atoms with Gasteiger partial charge < -0.3 is 5.32 Å². The summed E-state index contributed by atoms with van der Waals surface area (Å²) in [6.45, 7) is 5.07. The summed E-state index contributed by atoms with van der Waals surface area (Å²) in [5.41, 5.74) is -1.27. The minimum atomic E-state index is -4.40. The topological polar surface area (TPSA) is 29.1 Å². The Hall–Kier alpha value is -1.52. The summed E-state index contributed by atoms with van der Waals surface area (Å²) in [5, 5.41) is 2.46. The maximum Gasteiger partial charge on any atom is 0.416 e. The van der Waals surface area contributed by atoms with Gasteiger partial charge in [0.1, 0.15) is 0 Å². The summed E-state index contributed by atoms with van der Waals surface area (Å²) in [6.07, 6.45) is -4.40. The van der Waals surface area contributed by atoms with Crippen molar-refractivity contribution in [3.05, 3.63) is 29.8 Å². The number of carbonyl (C=O) groups excluding carboxylic acids is 1. The number of anilines is 1. The van der Waals surface area contributed by atoms with E-state index >= 15 is 0 Å². The van der Waals surface area contributed by atoms with Crippen LogP contribution < -0.4 is 5.32 Å². The summed E-state index contributed by atoms with van der Waals surface area (Å²) in [4.78, 5) is 11.6. The van der Waals surface area contributed by atoms with Crippen molar-refractivity contribution in [2.45, 2.75) is 26.9 Å². The quantitative estimate of drug-likeness (QED) is 0.803. The van der Waals surface area contributed by atoms with E-state index in [0.717, 1.165) is 12.1 Å². The van der Waals surface area contributed by atoms with Crippen molar-refractivity contribution in [2.24, 2.45) is 5.41 Å². The zero-order valence-corrected chi connectivity index (χ0v) is 9.85. The molecule has 0 unspecified atom stereocenters. The van der Waals surface area contributed by atoms with Crippen molar-refractivity contribution in [3.63, 3.8) is 0 Å². The van der Waals surface area contributed by atoms with Crippen molar-refractivity contribution in [1.29, 1.82) is 0 Å². The third-order valence-electron chi connectivity index (χ3n) is 2.13. The minimum absolute atomic E-state index is 0.153. The van der Waals surface area contributed by atoms with E-state index in [2.05, 4.69) is 5.32 Å². The van der Waals surface area contributed by atoms with Crippen LogP contribution in [0.3, 0.4) is 0 Å². The zero-order chi connectivity index (χ0) is 13.3. The normalized spacial score (nSPS) is 12.4. The Morgan fingerprint density at radius 1 is 1.18 bits per heavy atom. The van der Waals surface area contributed by atoms with Gasteiger partial charge in [-0.25, -0.2) is 0 Å². The lowest BCUT2D eigenvalue weighted by atomic mass is 9.95. The first-order valence-corrected chi connectivity index (χ1v) is 5.09. The molecule has 1 aromatic carbocycles. The van der Waals surface area contributed by atoms with Gasteiger partial charge in [0.15, 0.2) is 0 Å². The van der Waals surface area contributed by atoms with Gasteiger partial charge in [-0.1, -0.05) is 26.8 Å². The molecule has 0 aliphatic rings. The summed E-state index contributed by atoms with van der Waals surface area (Å²) in [6, 6.07) is 4.58. The van der Waals surface area contributed by atoms with Crippen molar-refractivity contribution in [1.82, 2.24) is 0 Å². The van der Waals surface area contributed by atoms with Crippen molar-refractivity contribution >= 4 is 11.6 Å². The molecule has 0 saturated heterocycles. The number of nitrogens with one attached hydrogen (secondary N) is 1. The Morgan fingerprint density at radius 3 is 2.24 bits per heavy atom. The van der Waals surface area contributed by atoms with Crippen LogP contribution in [0.2, 0.25) is 0 Å². The molecular formula is C12H14F3NO. The second kappa shape index (κ2) is 4.39. The summed E-state index contributed by atoms with van der Waals surface area (Å²) >= 11 is 0. The first-order chi connectivity index (χ1) is 7.60. The predicted molar refractivity (Wildman–Crippen MR) is 59.5 cm³/mol. The van der Waals surface area contributed by atoms with Gasteiger partial charge in [0.2, 0.25) is 5.91 Å². The van der Waals surface area contributed by atoms with Crippen molar-refractivity contribution < 1.29 is 18.0 Å². The molecule has 0 aromatic heterocycles. The lowest BCUT2D eigenvalue weighted by Crippen LogP contribution is -2.27. The lowest BCUT2D eigenvalue weighted by molar-refractivity contribution is -0.137. The number of amides is 1. The van der Waals surface area contributed by atoms with E-state index in [1.54, 1.807) is 20.8 Å². The molecule has 0 fully saturated rings. The van der Waals surface area contributed by atoms with Crippen LogP contribution in [-0.2, 0) is 11.0 Å². The molecule has 1 N–H and O–H groups in total. The first-order valence-electron chi connectivity index (χ1n) is 5.09. The fourth-order valence-electron chi connectivity index (χ4n) is 1.09. The van der Waals surface area contributed by atoms with E-state index in [1.165, 1.54) is 12.1 Å². The van der Waals surface area contributed by atoms with E-state index in [9.17, 15) is 18.0 Å². The second-order valence-corrected chi connectivity index (χ2v) is 4.78. The van der Waals surface area contributed by atoms with Crippen molar-refractivity contribution in [2.75, 3.05) is 5.32 Å². The van der Waals surface area contributed by atoms with Crippen molar-refractivity contribution in [3.8, 4) is 0 Å². The van der Waals surface area contributed by atoms with E-state index in [-0.39, 0.29) is 11.6 Å². The second-order valence-electron chi connectivity index (χ2n) is 4.78. The number of halogens is 3. The molecule has 0 radical (unpaired) electrons. The fourth-order valence-corrected chi connectivity index (χ4v) is 1.09. The van der Waals surface area contributed by atoms with Crippen LogP contribution in [0.15, 0.2) is 24.3 Å². The van der Waals surface area contributed by atoms with Gasteiger partial charge in [-0.15, -0.1) is 0 Å². The Labute approximate surface area is 97.8 Å². The molecule has 0 heterocycles. The Kier molecular flexibility index (Phi) is 3.50. The molecule has 94 valence electrons. The van der Waals surface area contributed by atoms with Crippen LogP contribution in [-0.4, -0.2) is 5.91 Å². The van der Waals surface area contributed by atoms with E-state index in [0.29, 0.717) is 0 Å². The van der Waals surface area contributed by atoms with Gasteiger partial charge in [-0.05, 0) is 18.2 Å². The Morgan fingerprint density at radius 2 is 1.76 bits per heavy atom. The summed E-state index contributed by atoms with van der Waals surface area (Å²) in [5.74, 6) is -0.322. The van der Waals surface area contributed by atoms with Crippen LogP contribution in [0.5, 0.6) is 0 Å². The van der Waals surface area contributed by atoms with Crippen LogP contribution in [0, 0.1) is 5.41 Å². The van der Waals surface area contributed by atoms with Gasteiger partial charge in [0.05, 0.1) is 5.56 Å². The summed E-state index contributed by atoms with van der Waals surface area (Å²) in [7, 11) is 0. The molecule has 0 aliphatic carbocycles. The molecule has 2 nitrogen and oxygen atoms in total. The molecule has 5 heteroatoms. The highest BCUT2D eigenvalue weighted by atomic mass is 19.4. The van der Waals surface area contributed by atoms with E-state index in [4.69, 9.17) is 0 Å². The van der Waals surface area contributed by atoms with Gasteiger partial charge in [-0.2, -0.15) is 13.2 Å². The van der Waals surface area contributed by atoms with E-state index < -0.39 is 17.2 Å². The van der Waals surface area contributed by atoms with Gasteiger partial charge in [-0.3, -0.25) is 4.79 Å². The fraction of sp³-hybridized carbons (Fsp3) is 0.417. The number of carbonyl (C=O) groups is 1. The molecule has 0 bridgehead atoms. The highest BCUT2D eigenvalue weighted by molar-refractivity contribution is 5.94. The third kappa shape index (κ3) is 3.76. The van der Waals surface area contributed by atoms with Crippen LogP contribution in [0.25, 0.3) is 0 Å². The average Bonchev–Trinajstić information content (AvgIpc) is 2.15. The molecule has 1 rings (SSSR count).